The normalized spacial score (nSPS) is 34.3. The maximum atomic E-state index is 4.49. The van der Waals surface area contributed by atoms with E-state index in [2.05, 4.69) is 34.1 Å². The summed E-state index contributed by atoms with van der Waals surface area (Å²) in [6, 6.07) is 0. The highest BCUT2D eigenvalue weighted by Gasteiger charge is 2.50. The molecular weight excluding hydrogens is 224 g/mol. The third-order valence-corrected chi connectivity index (χ3v) is 5.14. The molecule has 3 rings (SSSR count). The lowest BCUT2D eigenvalue weighted by Gasteiger charge is -2.37. The second-order valence-corrected chi connectivity index (χ2v) is 6.14. The van der Waals surface area contributed by atoms with Crippen LogP contribution in [-0.2, 0) is 13.0 Å². The number of nitrogens with one attached hydrogen (secondary N) is 1. The van der Waals surface area contributed by atoms with Crippen molar-refractivity contribution in [3.63, 3.8) is 0 Å². The molecule has 0 saturated heterocycles. The van der Waals surface area contributed by atoms with Gasteiger partial charge in [-0.05, 0) is 50.5 Å². The molecule has 0 radical (unpaired) electrons. The first-order chi connectivity index (χ1) is 8.77. The Kier molecular flexibility index (Phi) is 3.14. The van der Waals surface area contributed by atoms with Gasteiger partial charge in [-0.2, -0.15) is 5.10 Å². The van der Waals surface area contributed by atoms with E-state index in [1.54, 1.807) is 6.33 Å². The van der Waals surface area contributed by atoms with Crippen LogP contribution in [0.2, 0.25) is 0 Å². The molecule has 1 heterocycles. The van der Waals surface area contributed by atoms with Gasteiger partial charge in [0.1, 0.15) is 12.2 Å². The van der Waals surface area contributed by atoms with Crippen molar-refractivity contribution in [3.05, 3.63) is 12.2 Å². The summed E-state index contributed by atoms with van der Waals surface area (Å²) in [6.45, 7) is 4.20. The van der Waals surface area contributed by atoms with Crippen molar-refractivity contribution in [2.75, 3.05) is 13.6 Å². The Morgan fingerprint density at radius 2 is 2.39 bits per heavy atom. The lowest BCUT2D eigenvalue weighted by atomic mass is 9.70. The van der Waals surface area contributed by atoms with Crippen LogP contribution in [0.4, 0.5) is 0 Å². The van der Waals surface area contributed by atoms with Gasteiger partial charge in [-0.3, -0.25) is 4.68 Å². The first kappa shape index (κ1) is 12.2. The Hall–Kier alpha value is -0.900. The standard InChI is InChI=1S/C14H24N4/c1-3-18-13(16-10-17-18)8-14(9-15-2)7-11-4-5-12(14)6-11/h10-12,15H,3-9H2,1-2H3. The largest absolute Gasteiger partial charge is 0.319 e. The minimum absolute atomic E-state index is 0.442. The van der Waals surface area contributed by atoms with Gasteiger partial charge >= 0.3 is 0 Å². The van der Waals surface area contributed by atoms with Crippen LogP contribution in [0.15, 0.2) is 6.33 Å². The summed E-state index contributed by atoms with van der Waals surface area (Å²) in [6.07, 6.45) is 8.52. The topological polar surface area (TPSA) is 42.7 Å². The molecule has 3 atom stereocenters. The van der Waals surface area contributed by atoms with E-state index in [-0.39, 0.29) is 0 Å². The van der Waals surface area contributed by atoms with E-state index in [1.165, 1.54) is 31.5 Å². The van der Waals surface area contributed by atoms with Crippen molar-refractivity contribution in [2.45, 2.75) is 45.6 Å². The van der Waals surface area contributed by atoms with Crippen molar-refractivity contribution in [2.24, 2.45) is 17.3 Å². The maximum Gasteiger partial charge on any atom is 0.138 e. The van der Waals surface area contributed by atoms with Gasteiger partial charge in [-0.25, -0.2) is 4.98 Å². The third kappa shape index (κ3) is 1.87. The minimum Gasteiger partial charge on any atom is -0.319 e. The Balaban J connectivity index is 1.83. The Morgan fingerprint density at radius 3 is 3.00 bits per heavy atom. The predicted octanol–water partition coefficient (Wildman–Crippen LogP) is 1.87. The number of aromatic nitrogens is 3. The number of fused-ring (bicyclic) bond motifs is 2. The van der Waals surface area contributed by atoms with E-state index in [4.69, 9.17) is 0 Å². The first-order valence-corrected chi connectivity index (χ1v) is 7.28. The Bertz CT molecular complexity index is 414. The highest BCUT2D eigenvalue weighted by molar-refractivity contribution is 5.06. The molecule has 4 heteroatoms. The van der Waals surface area contributed by atoms with Crippen LogP contribution in [0, 0.1) is 17.3 Å². The summed E-state index contributed by atoms with van der Waals surface area (Å²) in [5.74, 6) is 3.05. The van der Waals surface area contributed by atoms with E-state index in [1.807, 2.05) is 0 Å². The smallest absolute Gasteiger partial charge is 0.138 e. The molecule has 2 saturated carbocycles. The van der Waals surface area contributed by atoms with Crippen molar-refractivity contribution in [3.8, 4) is 0 Å². The van der Waals surface area contributed by atoms with Gasteiger partial charge in [0.15, 0.2) is 0 Å². The number of nitrogens with zero attached hydrogens (tertiary/aromatic N) is 3. The zero-order chi connectivity index (χ0) is 12.6. The van der Waals surface area contributed by atoms with Crippen LogP contribution in [0.3, 0.4) is 0 Å². The summed E-state index contributed by atoms with van der Waals surface area (Å²) in [5, 5.41) is 7.74. The van der Waals surface area contributed by atoms with E-state index in [0.29, 0.717) is 5.41 Å². The molecule has 2 bridgehead atoms. The predicted molar refractivity (Wildman–Crippen MR) is 71.2 cm³/mol. The van der Waals surface area contributed by atoms with E-state index in [0.717, 1.165) is 31.3 Å². The van der Waals surface area contributed by atoms with Crippen LogP contribution in [0.25, 0.3) is 0 Å². The number of rotatable bonds is 5. The van der Waals surface area contributed by atoms with Crippen LogP contribution < -0.4 is 5.32 Å². The van der Waals surface area contributed by atoms with Gasteiger partial charge < -0.3 is 5.32 Å². The summed E-state index contributed by atoms with van der Waals surface area (Å²) < 4.78 is 2.06. The lowest BCUT2D eigenvalue weighted by molar-refractivity contribution is 0.154. The van der Waals surface area contributed by atoms with Gasteiger partial charge in [0.2, 0.25) is 0 Å². The van der Waals surface area contributed by atoms with Gasteiger partial charge in [0.25, 0.3) is 0 Å². The Morgan fingerprint density at radius 1 is 1.50 bits per heavy atom. The van der Waals surface area contributed by atoms with E-state index in [9.17, 15) is 0 Å². The van der Waals surface area contributed by atoms with Crippen molar-refractivity contribution in [1.29, 1.82) is 0 Å². The minimum atomic E-state index is 0.442. The van der Waals surface area contributed by atoms with Crippen LogP contribution in [0.1, 0.15) is 38.4 Å². The molecular formula is C14H24N4. The average molecular weight is 248 g/mol. The number of hydrogen-bond donors (Lipinski definition) is 1. The summed E-state index contributed by atoms with van der Waals surface area (Å²) >= 11 is 0. The summed E-state index contributed by atoms with van der Waals surface area (Å²) in [7, 11) is 2.08. The third-order valence-electron chi connectivity index (χ3n) is 5.14. The molecule has 0 amide bonds. The summed E-state index contributed by atoms with van der Waals surface area (Å²) in [5.41, 5.74) is 0.442. The molecule has 0 spiro atoms. The van der Waals surface area contributed by atoms with Crippen LogP contribution in [-0.4, -0.2) is 28.4 Å². The van der Waals surface area contributed by atoms with Crippen molar-refractivity contribution in [1.82, 2.24) is 20.1 Å². The fourth-order valence-electron chi connectivity index (χ4n) is 4.41. The molecule has 0 aromatic carbocycles. The Labute approximate surface area is 109 Å². The average Bonchev–Trinajstić information content (AvgIpc) is 3.04. The molecule has 18 heavy (non-hydrogen) atoms. The highest BCUT2D eigenvalue weighted by Crippen LogP contribution is 2.56. The highest BCUT2D eigenvalue weighted by atomic mass is 15.3. The molecule has 1 N–H and O–H groups in total. The zero-order valence-electron chi connectivity index (χ0n) is 11.5. The van der Waals surface area contributed by atoms with Gasteiger partial charge in [0.05, 0.1) is 0 Å². The molecule has 2 aliphatic carbocycles. The SMILES string of the molecule is CCn1ncnc1CC1(CNC)CC2CCC1C2. The van der Waals surface area contributed by atoms with E-state index < -0.39 is 0 Å². The molecule has 2 fully saturated rings. The van der Waals surface area contributed by atoms with Crippen LogP contribution >= 0.6 is 0 Å². The lowest BCUT2D eigenvalue weighted by Crippen LogP contribution is -2.40. The van der Waals surface area contributed by atoms with Gasteiger partial charge in [-0.1, -0.05) is 6.42 Å². The fraction of sp³-hybridized carbons (Fsp3) is 0.857. The second-order valence-electron chi connectivity index (χ2n) is 6.14. The van der Waals surface area contributed by atoms with Crippen LogP contribution in [0.5, 0.6) is 0 Å². The first-order valence-electron chi connectivity index (χ1n) is 7.28. The molecule has 3 unspecified atom stereocenters. The summed E-state index contributed by atoms with van der Waals surface area (Å²) in [4.78, 5) is 4.49. The van der Waals surface area contributed by atoms with Crippen molar-refractivity contribution >= 4 is 0 Å². The van der Waals surface area contributed by atoms with Gasteiger partial charge in [-0.15, -0.1) is 0 Å². The molecule has 2 aliphatic rings. The quantitative estimate of drug-likeness (QED) is 0.865. The molecule has 4 nitrogen and oxygen atoms in total. The monoisotopic (exact) mass is 248 g/mol. The van der Waals surface area contributed by atoms with Crippen molar-refractivity contribution < 1.29 is 0 Å². The molecule has 0 aliphatic heterocycles. The molecule has 1 aromatic heterocycles. The van der Waals surface area contributed by atoms with Gasteiger partial charge in [0, 0.05) is 19.5 Å². The fourth-order valence-corrected chi connectivity index (χ4v) is 4.41. The van der Waals surface area contributed by atoms with E-state index >= 15 is 0 Å². The number of aryl methyl sites for hydroxylation is 1. The molecule has 1 aromatic rings. The maximum absolute atomic E-state index is 4.49. The zero-order valence-corrected chi connectivity index (χ0v) is 11.5. The molecule has 100 valence electrons. The number of hydrogen-bond acceptors (Lipinski definition) is 3. The second kappa shape index (κ2) is 4.65.